The molecule has 8 heteroatoms. The lowest BCUT2D eigenvalue weighted by atomic mass is 9.82. The van der Waals surface area contributed by atoms with E-state index >= 15 is 0 Å². The van der Waals surface area contributed by atoms with Gasteiger partial charge in [0.15, 0.2) is 0 Å². The van der Waals surface area contributed by atoms with E-state index in [1.165, 1.54) is 16.4 Å². The lowest BCUT2D eigenvalue weighted by molar-refractivity contribution is 0.0521. The van der Waals surface area contributed by atoms with Crippen LogP contribution >= 0.6 is 11.5 Å². The summed E-state index contributed by atoms with van der Waals surface area (Å²) in [7, 11) is 0. The molecule has 112 valence electrons. The van der Waals surface area contributed by atoms with Crippen molar-refractivity contribution < 1.29 is 4.42 Å². The normalized spacial score (nSPS) is 17.3. The van der Waals surface area contributed by atoms with Crippen LogP contribution in [-0.2, 0) is 12.0 Å². The summed E-state index contributed by atoms with van der Waals surface area (Å²) in [6, 6.07) is 5.63. The van der Waals surface area contributed by atoms with Crippen LogP contribution in [0.15, 0.2) is 35.0 Å². The number of hydrogen-bond donors (Lipinski definition) is 0. The zero-order valence-corrected chi connectivity index (χ0v) is 12.8. The minimum Gasteiger partial charge on any atom is -0.419 e. The Labute approximate surface area is 131 Å². The molecule has 0 unspecified atom stereocenters. The number of rotatable bonds is 4. The lowest BCUT2D eigenvalue weighted by Gasteiger charge is -2.45. The van der Waals surface area contributed by atoms with Gasteiger partial charge in [0.2, 0.25) is 5.89 Å². The van der Waals surface area contributed by atoms with Crippen LogP contribution < -0.4 is 0 Å². The van der Waals surface area contributed by atoms with Gasteiger partial charge in [-0.3, -0.25) is 9.88 Å². The summed E-state index contributed by atoms with van der Waals surface area (Å²) < 4.78 is 9.71. The molecular weight excluding hydrogens is 300 g/mol. The van der Waals surface area contributed by atoms with E-state index in [0.717, 1.165) is 19.6 Å². The van der Waals surface area contributed by atoms with Gasteiger partial charge in [0.05, 0.1) is 16.5 Å². The van der Waals surface area contributed by atoms with E-state index in [-0.39, 0.29) is 5.41 Å². The number of aromatic nitrogens is 5. The van der Waals surface area contributed by atoms with Crippen molar-refractivity contribution in [1.82, 2.24) is 29.7 Å². The highest BCUT2D eigenvalue weighted by molar-refractivity contribution is 7.05. The molecular formula is C14H14N6OS. The molecule has 0 aromatic carbocycles. The number of hydrogen-bond acceptors (Lipinski definition) is 8. The van der Waals surface area contributed by atoms with Crippen LogP contribution in [0.1, 0.15) is 17.7 Å². The SMILES string of the molecule is CC1(c2nnc(-c3ccccn3)o2)CN(Cc2cnns2)C1. The van der Waals surface area contributed by atoms with Gasteiger partial charge in [-0.2, -0.15) is 0 Å². The second-order valence-electron chi connectivity index (χ2n) is 5.72. The number of nitrogens with zero attached hydrogens (tertiary/aromatic N) is 6. The van der Waals surface area contributed by atoms with E-state index in [9.17, 15) is 0 Å². The first-order chi connectivity index (χ1) is 10.7. The Morgan fingerprint density at radius 1 is 1.32 bits per heavy atom. The summed E-state index contributed by atoms with van der Waals surface area (Å²) in [6.45, 7) is 4.78. The van der Waals surface area contributed by atoms with Gasteiger partial charge in [0.1, 0.15) is 5.69 Å². The van der Waals surface area contributed by atoms with E-state index in [2.05, 4.69) is 36.6 Å². The van der Waals surface area contributed by atoms with Gasteiger partial charge in [-0.15, -0.1) is 15.3 Å². The first kappa shape index (κ1) is 13.5. The van der Waals surface area contributed by atoms with Crippen LogP contribution in [0.5, 0.6) is 0 Å². The Hall–Kier alpha value is -2.19. The fourth-order valence-corrected chi connectivity index (χ4v) is 3.26. The predicted molar refractivity (Wildman–Crippen MR) is 80.1 cm³/mol. The maximum absolute atomic E-state index is 5.83. The minimum atomic E-state index is -0.0991. The van der Waals surface area contributed by atoms with Crippen LogP contribution in [0, 0.1) is 0 Å². The standard InChI is InChI=1S/C14H14N6OS/c1-14(8-20(9-14)7-10-6-16-19-22-10)13-18-17-12(21-13)11-4-2-3-5-15-11/h2-6H,7-9H2,1H3. The quantitative estimate of drug-likeness (QED) is 0.725. The Morgan fingerprint density at radius 2 is 2.23 bits per heavy atom. The third-order valence-electron chi connectivity index (χ3n) is 3.76. The molecule has 3 aromatic rings. The van der Waals surface area contributed by atoms with Crippen LogP contribution in [0.2, 0.25) is 0 Å². The van der Waals surface area contributed by atoms with Gasteiger partial charge in [-0.05, 0) is 30.6 Å². The Balaban J connectivity index is 1.46. The van der Waals surface area contributed by atoms with E-state index < -0.39 is 0 Å². The van der Waals surface area contributed by atoms with Gasteiger partial charge in [0.25, 0.3) is 5.89 Å². The van der Waals surface area contributed by atoms with Crippen molar-refractivity contribution in [2.24, 2.45) is 0 Å². The first-order valence-electron chi connectivity index (χ1n) is 6.97. The Kier molecular flexibility index (Phi) is 3.20. The highest BCUT2D eigenvalue weighted by atomic mass is 32.1. The van der Waals surface area contributed by atoms with Gasteiger partial charge in [-0.1, -0.05) is 10.6 Å². The van der Waals surface area contributed by atoms with E-state index in [1.807, 2.05) is 24.4 Å². The second-order valence-corrected chi connectivity index (χ2v) is 6.59. The number of likely N-dealkylation sites (tertiary alicyclic amines) is 1. The van der Waals surface area contributed by atoms with Crippen LogP contribution in [0.4, 0.5) is 0 Å². The molecule has 0 radical (unpaired) electrons. The molecule has 7 nitrogen and oxygen atoms in total. The van der Waals surface area contributed by atoms with Gasteiger partial charge < -0.3 is 4.42 Å². The molecule has 1 saturated heterocycles. The third-order valence-corrected chi connectivity index (χ3v) is 4.40. The van der Waals surface area contributed by atoms with Crippen LogP contribution in [0.3, 0.4) is 0 Å². The zero-order chi connectivity index (χ0) is 15.0. The average Bonchev–Trinajstić information content (AvgIpc) is 3.18. The minimum absolute atomic E-state index is 0.0991. The molecule has 0 amide bonds. The van der Waals surface area contributed by atoms with Crippen LogP contribution in [0.25, 0.3) is 11.6 Å². The van der Waals surface area contributed by atoms with E-state index in [4.69, 9.17) is 4.42 Å². The summed E-state index contributed by atoms with van der Waals surface area (Å²) in [5, 5.41) is 12.2. The summed E-state index contributed by atoms with van der Waals surface area (Å²) >= 11 is 1.44. The molecule has 0 saturated carbocycles. The Bertz CT molecular complexity index is 751. The van der Waals surface area contributed by atoms with Crippen molar-refractivity contribution in [2.45, 2.75) is 18.9 Å². The maximum Gasteiger partial charge on any atom is 0.266 e. The smallest absolute Gasteiger partial charge is 0.266 e. The number of pyridine rings is 1. The van der Waals surface area contributed by atoms with Crippen molar-refractivity contribution >= 4 is 11.5 Å². The second kappa shape index (κ2) is 5.22. The highest BCUT2D eigenvalue weighted by Gasteiger charge is 2.44. The molecule has 1 fully saturated rings. The van der Waals surface area contributed by atoms with Crippen molar-refractivity contribution in [3.8, 4) is 11.6 Å². The molecule has 0 atom stereocenters. The van der Waals surface area contributed by atoms with Crippen molar-refractivity contribution in [3.05, 3.63) is 41.4 Å². The maximum atomic E-state index is 5.83. The molecule has 1 aliphatic rings. The fraction of sp³-hybridized carbons (Fsp3) is 0.357. The molecule has 1 aliphatic heterocycles. The summed E-state index contributed by atoms with van der Waals surface area (Å²) in [5.41, 5.74) is 0.606. The van der Waals surface area contributed by atoms with Gasteiger partial charge >= 0.3 is 0 Å². The van der Waals surface area contributed by atoms with Crippen molar-refractivity contribution in [3.63, 3.8) is 0 Å². The molecule has 0 aliphatic carbocycles. The zero-order valence-electron chi connectivity index (χ0n) is 12.0. The van der Waals surface area contributed by atoms with Crippen molar-refractivity contribution in [2.75, 3.05) is 13.1 Å². The third kappa shape index (κ3) is 2.40. The lowest BCUT2D eigenvalue weighted by Crippen LogP contribution is -2.57. The molecule has 4 rings (SSSR count). The summed E-state index contributed by atoms with van der Waals surface area (Å²) in [4.78, 5) is 7.72. The summed E-state index contributed by atoms with van der Waals surface area (Å²) in [6.07, 6.45) is 3.53. The van der Waals surface area contributed by atoms with Gasteiger partial charge in [0, 0.05) is 25.8 Å². The largest absolute Gasteiger partial charge is 0.419 e. The van der Waals surface area contributed by atoms with E-state index in [1.54, 1.807) is 6.20 Å². The molecule has 4 heterocycles. The monoisotopic (exact) mass is 314 g/mol. The van der Waals surface area contributed by atoms with E-state index in [0.29, 0.717) is 17.5 Å². The highest BCUT2D eigenvalue weighted by Crippen LogP contribution is 2.35. The molecule has 3 aromatic heterocycles. The average molecular weight is 314 g/mol. The topological polar surface area (TPSA) is 80.8 Å². The van der Waals surface area contributed by atoms with Gasteiger partial charge in [-0.25, -0.2) is 0 Å². The molecule has 0 N–H and O–H groups in total. The molecule has 0 spiro atoms. The van der Waals surface area contributed by atoms with Crippen LogP contribution in [-0.4, -0.2) is 42.8 Å². The summed E-state index contributed by atoms with van der Waals surface area (Å²) in [5.74, 6) is 1.15. The predicted octanol–water partition coefficient (Wildman–Crippen LogP) is 1.76. The fourth-order valence-electron chi connectivity index (χ4n) is 2.73. The molecule has 0 bridgehead atoms. The van der Waals surface area contributed by atoms with Crippen molar-refractivity contribution in [1.29, 1.82) is 0 Å². The molecule has 22 heavy (non-hydrogen) atoms. The first-order valence-corrected chi connectivity index (χ1v) is 7.74. The Morgan fingerprint density at radius 3 is 2.95 bits per heavy atom.